The summed E-state index contributed by atoms with van der Waals surface area (Å²) in [5.74, 6) is -0.590. The van der Waals surface area contributed by atoms with E-state index < -0.39 is 17.7 Å². The van der Waals surface area contributed by atoms with Crippen LogP contribution in [0.4, 0.5) is 0 Å². The Bertz CT molecular complexity index is 1790. The van der Waals surface area contributed by atoms with Crippen LogP contribution >= 0.6 is 11.6 Å². The number of carboxylic acid groups (broad SMARTS) is 1. The molecule has 0 aliphatic heterocycles. The molecule has 1 aromatic heterocycles. The van der Waals surface area contributed by atoms with Crippen LogP contribution in [0.15, 0.2) is 101 Å². The van der Waals surface area contributed by atoms with Crippen LogP contribution < -0.4 is 5.32 Å². The third kappa shape index (κ3) is 6.21. The molecule has 1 aliphatic rings. The first-order valence-corrected chi connectivity index (χ1v) is 14.7. The van der Waals surface area contributed by atoms with Gasteiger partial charge in [0.1, 0.15) is 17.4 Å². The number of carboxylic acids is 1. The van der Waals surface area contributed by atoms with Crippen molar-refractivity contribution in [2.75, 3.05) is 0 Å². The van der Waals surface area contributed by atoms with Crippen molar-refractivity contribution in [2.24, 2.45) is 0 Å². The molecule has 6 nitrogen and oxygen atoms in total. The first kappa shape index (κ1) is 28.7. The summed E-state index contributed by atoms with van der Waals surface area (Å²) in [7, 11) is 0. The molecule has 1 fully saturated rings. The van der Waals surface area contributed by atoms with Crippen molar-refractivity contribution in [1.29, 1.82) is 0 Å². The number of hydrogen-bond donors (Lipinski definition) is 2. The molecule has 0 bridgehead atoms. The Kier molecular flexibility index (Phi) is 7.82. The number of nitrogens with one attached hydrogen (secondary N) is 1. The minimum Gasteiger partial charge on any atom is -0.479 e. The molecule has 1 heterocycles. The van der Waals surface area contributed by atoms with Gasteiger partial charge in [0.2, 0.25) is 5.91 Å². The van der Waals surface area contributed by atoms with E-state index in [0.29, 0.717) is 29.2 Å². The number of rotatable bonds is 10. The van der Waals surface area contributed by atoms with Crippen LogP contribution in [0.5, 0.6) is 0 Å². The summed E-state index contributed by atoms with van der Waals surface area (Å²) in [6.07, 6.45) is 0.347. The number of aliphatic carboxylic acids is 1. The quantitative estimate of drug-likeness (QED) is 0.172. The molecule has 0 spiro atoms. The molecule has 1 saturated carbocycles. The standard InChI is InChI=1S/C36H32ClNO5/c1-22-8-14-29(23(2)18-22)33(25-6-4-3-5-7-25)38-32(39)20-24-9-15-30-27(19-24)21-31(42-30)34(26-10-12-28(37)13-11-26)43-36(16-17-36)35(40)41/h3-15,18-19,21,33-34H,16-17,20H2,1-2H3,(H,38,39)(H,40,41). The number of furan rings is 1. The number of amides is 1. The van der Waals surface area contributed by atoms with Gasteiger partial charge in [0.25, 0.3) is 0 Å². The van der Waals surface area contributed by atoms with Gasteiger partial charge >= 0.3 is 5.97 Å². The molecule has 43 heavy (non-hydrogen) atoms. The van der Waals surface area contributed by atoms with Gasteiger partial charge in [0.05, 0.1) is 12.5 Å². The van der Waals surface area contributed by atoms with E-state index in [1.165, 1.54) is 5.56 Å². The van der Waals surface area contributed by atoms with Gasteiger partial charge in [0, 0.05) is 10.4 Å². The molecule has 0 saturated heterocycles. The number of carbonyl (C=O) groups is 2. The van der Waals surface area contributed by atoms with Crippen molar-refractivity contribution in [1.82, 2.24) is 5.32 Å². The van der Waals surface area contributed by atoms with Gasteiger partial charge in [-0.05, 0) is 84.8 Å². The minimum absolute atomic E-state index is 0.101. The maximum atomic E-state index is 13.4. The van der Waals surface area contributed by atoms with Gasteiger partial charge in [-0.25, -0.2) is 4.79 Å². The van der Waals surface area contributed by atoms with Crippen LogP contribution in [0.25, 0.3) is 11.0 Å². The second-order valence-electron chi connectivity index (χ2n) is 11.3. The Hall–Kier alpha value is -4.39. The van der Waals surface area contributed by atoms with Gasteiger partial charge in [-0.1, -0.05) is 83.9 Å². The fourth-order valence-electron chi connectivity index (χ4n) is 5.53. The molecule has 2 atom stereocenters. The van der Waals surface area contributed by atoms with E-state index in [1.807, 2.05) is 66.7 Å². The number of fused-ring (bicyclic) bond motifs is 1. The van der Waals surface area contributed by atoms with Crippen LogP contribution in [0.2, 0.25) is 5.02 Å². The predicted octanol–water partition coefficient (Wildman–Crippen LogP) is 7.87. The van der Waals surface area contributed by atoms with Gasteiger partial charge in [-0.2, -0.15) is 0 Å². The van der Waals surface area contributed by atoms with Gasteiger partial charge in [-0.15, -0.1) is 0 Å². The molecule has 1 aliphatic carbocycles. The predicted molar refractivity (Wildman–Crippen MR) is 166 cm³/mol. The van der Waals surface area contributed by atoms with Gasteiger partial charge in [-0.3, -0.25) is 4.79 Å². The van der Waals surface area contributed by atoms with Gasteiger partial charge < -0.3 is 19.6 Å². The summed E-state index contributed by atoms with van der Waals surface area (Å²) in [5.41, 5.74) is 5.34. The summed E-state index contributed by atoms with van der Waals surface area (Å²) < 4.78 is 12.4. The van der Waals surface area contributed by atoms with E-state index in [-0.39, 0.29) is 18.4 Å². The summed E-state index contributed by atoms with van der Waals surface area (Å²) in [6.45, 7) is 4.13. The lowest BCUT2D eigenvalue weighted by atomic mass is 9.93. The Morgan fingerprint density at radius 1 is 0.930 bits per heavy atom. The van der Waals surface area contributed by atoms with Crippen molar-refractivity contribution in [2.45, 2.75) is 50.9 Å². The lowest BCUT2D eigenvalue weighted by Crippen LogP contribution is -2.31. The zero-order valence-corrected chi connectivity index (χ0v) is 24.7. The zero-order valence-electron chi connectivity index (χ0n) is 24.0. The van der Waals surface area contributed by atoms with Crippen LogP contribution in [0, 0.1) is 13.8 Å². The molecule has 2 unspecified atom stereocenters. The normalized spacial score (nSPS) is 15.1. The van der Waals surface area contributed by atoms with Crippen molar-refractivity contribution in [3.05, 3.63) is 141 Å². The molecule has 6 rings (SSSR count). The largest absolute Gasteiger partial charge is 0.479 e. The van der Waals surface area contributed by atoms with Crippen LogP contribution in [0.1, 0.15) is 64.1 Å². The number of ether oxygens (including phenoxy) is 1. The molecule has 1 amide bonds. The molecule has 7 heteroatoms. The highest BCUT2D eigenvalue weighted by Crippen LogP contribution is 2.46. The molecular formula is C36H32ClNO5. The van der Waals surface area contributed by atoms with E-state index in [0.717, 1.165) is 33.2 Å². The molecular weight excluding hydrogens is 562 g/mol. The first-order valence-electron chi connectivity index (χ1n) is 14.3. The molecule has 5 aromatic rings. The molecule has 0 radical (unpaired) electrons. The van der Waals surface area contributed by atoms with E-state index in [2.05, 4.69) is 37.4 Å². The topological polar surface area (TPSA) is 88.8 Å². The van der Waals surface area contributed by atoms with Crippen molar-refractivity contribution in [3.63, 3.8) is 0 Å². The highest BCUT2D eigenvalue weighted by atomic mass is 35.5. The average molecular weight is 594 g/mol. The SMILES string of the molecule is Cc1ccc(C(NC(=O)Cc2ccc3oc(C(OC4(C(=O)O)CC4)c4ccc(Cl)cc4)cc3c2)c2ccccc2)c(C)c1. The lowest BCUT2D eigenvalue weighted by Gasteiger charge is -2.22. The lowest BCUT2D eigenvalue weighted by molar-refractivity contribution is -0.157. The number of hydrogen-bond acceptors (Lipinski definition) is 4. The van der Waals surface area contributed by atoms with Crippen molar-refractivity contribution in [3.8, 4) is 0 Å². The highest BCUT2D eigenvalue weighted by molar-refractivity contribution is 6.30. The minimum atomic E-state index is -1.22. The highest BCUT2D eigenvalue weighted by Gasteiger charge is 2.54. The summed E-state index contributed by atoms with van der Waals surface area (Å²) in [4.78, 5) is 25.3. The van der Waals surface area contributed by atoms with Crippen LogP contribution in [-0.2, 0) is 20.7 Å². The van der Waals surface area contributed by atoms with E-state index >= 15 is 0 Å². The number of halogens is 1. The Morgan fingerprint density at radius 3 is 2.35 bits per heavy atom. The molecule has 218 valence electrons. The van der Waals surface area contributed by atoms with E-state index in [1.54, 1.807) is 12.1 Å². The number of benzene rings is 4. The second kappa shape index (κ2) is 11.7. The second-order valence-corrected chi connectivity index (χ2v) is 11.8. The smallest absolute Gasteiger partial charge is 0.336 e. The third-order valence-electron chi connectivity index (χ3n) is 8.01. The number of aryl methyl sites for hydroxylation is 2. The summed E-state index contributed by atoms with van der Waals surface area (Å²) in [5, 5.41) is 14.4. The van der Waals surface area contributed by atoms with Gasteiger partial charge in [0.15, 0.2) is 5.60 Å². The van der Waals surface area contributed by atoms with E-state index in [9.17, 15) is 14.7 Å². The third-order valence-corrected chi connectivity index (χ3v) is 8.26. The Morgan fingerprint density at radius 2 is 1.67 bits per heavy atom. The maximum Gasteiger partial charge on any atom is 0.336 e. The van der Waals surface area contributed by atoms with Crippen LogP contribution in [0.3, 0.4) is 0 Å². The average Bonchev–Trinajstić information content (AvgIpc) is 3.67. The Balaban J connectivity index is 1.25. The van der Waals surface area contributed by atoms with Crippen LogP contribution in [-0.4, -0.2) is 22.6 Å². The summed E-state index contributed by atoms with van der Waals surface area (Å²) >= 11 is 6.11. The monoisotopic (exact) mass is 593 g/mol. The molecule has 4 aromatic carbocycles. The Labute approximate surface area is 255 Å². The van der Waals surface area contributed by atoms with Crippen molar-refractivity contribution >= 4 is 34.4 Å². The van der Waals surface area contributed by atoms with E-state index in [4.69, 9.17) is 20.8 Å². The zero-order chi connectivity index (χ0) is 30.1. The number of carbonyl (C=O) groups excluding carboxylic acids is 1. The fourth-order valence-corrected chi connectivity index (χ4v) is 5.66. The first-order chi connectivity index (χ1) is 20.7. The fraction of sp³-hybridized carbons (Fsp3) is 0.222. The summed E-state index contributed by atoms with van der Waals surface area (Å²) in [6, 6.07) is 30.6. The maximum absolute atomic E-state index is 13.4. The molecule has 2 N–H and O–H groups in total. The van der Waals surface area contributed by atoms with Crippen molar-refractivity contribution < 1.29 is 23.8 Å².